The highest BCUT2D eigenvalue weighted by molar-refractivity contribution is 6.14. The number of carbonyl (C=O) groups is 10. The van der Waals surface area contributed by atoms with E-state index in [0.717, 1.165) is 149 Å². The van der Waals surface area contributed by atoms with Crippen molar-refractivity contribution in [3.8, 4) is 0 Å². The van der Waals surface area contributed by atoms with E-state index in [0.29, 0.717) is 63.2 Å². The predicted octanol–water partition coefficient (Wildman–Crippen LogP) is 22.6. The fourth-order valence-electron chi connectivity index (χ4n) is 11.9. The molecule has 114 heavy (non-hydrogen) atoms. The molecule has 10 aromatic carbocycles. The number of unbranched alkanes of at least 4 members (excludes halogenated alkanes) is 2. The van der Waals surface area contributed by atoms with Crippen LogP contribution in [-0.4, -0.2) is 59.1 Å². The van der Waals surface area contributed by atoms with Crippen LogP contribution in [0.4, 0.5) is 56.9 Å². The topological polar surface area (TPSA) is 291 Å². The van der Waals surface area contributed by atoms with Crippen LogP contribution in [-0.2, 0) is 47.9 Å². The van der Waals surface area contributed by atoms with Gasteiger partial charge in [-0.1, -0.05) is 245 Å². The van der Waals surface area contributed by atoms with Crippen LogP contribution < -0.4 is 53.2 Å². The average molecular weight is 1550 g/mol. The third kappa shape index (κ3) is 28.4. The van der Waals surface area contributed by atoms with E-state index in [2.05, 4.69) is 67.0 Å². The van der Waals surface area contributed by atoms with Gasteiger partial charge in [-0.05, 0) is 98.2 Å². The summed E-state index contributed by atoms with van der Waals surface area (Å²) in [6, 6.07) is 57.2. The van der Waals surface area contributed by atoms with Gasteiger partial charge in [-0.3, -0.25) is 47.9 Å². The number of carbonyl (C=O) groups excluding carboxylic acids is 10. The average Bonchev–Trinajstić information content (AvgIpc) is 0.826. The van der Waals surface area contributed by atoms with Crippen LogP contribution in [0.15, 0.2) is 182 Å². The van der Waals surface area contributed by atoms with Crippen molar-refractivity contribution in [2.75, 3.05) is 53.2 Å². The van der Waals surface area contributed by atoms with Gasteiger partial charge in [0.1, 0.15) is 0 Å². The van der Waals surface area contributed by atoms with Crippen molar-refractivity contribution >= 4 is 170 Å². The molecule has 0 atom stereocenters. The first-order chi connectivity index (χ1) is 54.3. The molecule has 0 aromatic heterocycles. The summed E-state index contributed by atoms with van der Waals surface area (Å²) in [5.74, 6) is 0.573. The van der Waals surface area contributed by atoms with Gasteiger partial charge in [-0.25, -0.2) is 0 Å². The highest BCUT2D eigenvalue weighted by Gasteiger charge is 2.25. The van der Waals surface area contributed by atoms with Crippen molar-refractivity contribution in [2.24, 2.45) is 22.7 Å². The van der Waals surface area contributed by atoms with Gasteiger partial charge in [0.25, 0.3) is 0 Å². The van der Waals surface area contributed by atoms with Crippen LogP contribution in [0.2, 0.25) is 0 Å². The molecule has 0 radical (unpaired) electrons. The van der Waals surface area contributed by atoms with E-state index in [-0.39, 0.29) is 59.1 Å². The van der Waals surface area contributed by atoms with Gasteiger partial charge in [0.05, 0.1) is 0 Å². The van der Waals surface area contributed by atoms with Crippen LogP contribution in [0, 0.1) is 22.7 Å². The predicted molar refractivity (Wildman–Crippen MR) is 473 cm³/mol. The fourth-order valence-corrected chi connectivity index (χ4v) is 11.9. The van der Waals surface area contributed by atoms with E-state index >= 15 is 0 Å². The number of hydrogen-bond acceptors (Lipinski definition) is 10. The van der Waals surface area contributed by atoms with Gasteiger partial charge in [0, 0.05) is 173 Å². The summed E-state index contributed by atoms with van der Waals surface area (Å²) in [5, 5.41) is 38.8. The summed E-state index contributed by atoms with van der Waals surface area (Å²) in [6.07, 6.45) is 9.29. The zero-order valence-electron chi connectivity index (χ0n) is 69.5. The minimum atomic E-state index is -0.472. The van der Waals surface area contributed by atoms with Crippen molar-refractivity contribution in [3.63, 3.8) is 0 Å². The lowest BCUT2D eigenvalue weighted by molar-refractivity contribution is -0.123. The number of anilines is 10. The lowest BCUT2D eigenvalue weighted by atomic mass is 9.94. The maximum Gasteiger partial charge on any atom is 0.229 e. The van der Waals surface area contributed by atoms with Crippen LogP contribution in [0.3, 0.4) is 0 Å². The van der Waals surface area contributed by atoms with E-state index in [1.165, 1.54) is 0 Å². The lowest BCUT2D eigenvalue weighted by Gasteiger charge is -2.20. The van der Waals surface area contributed by atoms with E-state index in [1.54, 1.807) is 0 Å². The summed E-state index contributed by atoms with van der Waals surface area (Å²) in [6.45, 7) is 31.1. The Hall–Kier alpha value is -11.8. The molecule has 0 aliphatic carbocycles. The van der Waals surface area contributed by atoms with E-state index in [4.69, 9.17) is 0 Å². The number of benzene rings is 10. The molecule has 0 spiro atoms. The fraction of sp³-hybridized carbons (Fsp3) is 0.362. The third-order valence-corrected chi connectivity index (χ3v) is 18.0. The summed E-state index contributed by atoms with van der Waals surface area (Å²) < 4.78 is 0. The molecule has 0 unspecified atom stereocenters. The third-order valence-electron chi connectivity index (χ3n) is 18.0. The van der Waals surface area contributed by atoms with E-state index in [9.17, 15) is 47.9 Å². The van der Waals surface area contributed by atoms with Crippen molar-refractivity contribution < 1.29 is 47.9 Å². The van der Waals surface area contributed by atoms with Gasteiger partial charge >= 0.3 is 0 Å². The smallest absolute Gasteiger partial charge is 0.229 e. The van der Waals surface area contributed by atoms with Gasteiger partial charge in [0.2, 0.25) is 59.1 Å². The van der Waals surface area contributed by atoms with Crippen LogP contribution >= 0.6 is 0 Å². The monoisotopic (exact) mass is 1550 g/mol. The van der Waals surface area contributed by atoms with Crippen LogP contribution in [0.5, 0.6) is 0 Å². The number of amides is 10. The highest BCUT2D eigenvalue weighted by atomic mass is 16.2. The van der Waals surface area contributed by atoms with Crippen LogP contribution in [0.1, 0.15) is 201 Å². The molecule has 0 aliphatic heterocycles. The number of fused-ring (bicyclic) bond motifs is 5. The van der Waals surface area contributed by atoms with Crippen molar-refractivity contribution in [1.82, 2.24) is 0 Å². The second-order valence-electron chi connectivity index (χ2n) is 30.9. The first-order valence-corrected chi connectivity index (χ1v) is 39.9. The molecule has 20 nitrogen and oxygen atoms in total. The highest BCUT2D eigenvalue weighted by Crippen LogP contribution is 2.36. The minimum absolute atomic E-state index is 0.00625. The number of hydrogen-bond donors (Lipinski definition) is 10. The molecule has 0 saturated heterocycles. The lowest BCUT2D eigenvalue weighted by Crippen LogP contribution is -2.28. The van der Waals surface area contributed by atoms with Crippen molar-refractivity contribution in [3.05, 3.63) is 182 Å². The summed E-state index contributed by atoms with van der Waals surface area (Å²) >= 11 is 0. The summed E-state index contributed by atoms with van der Waals surface area (Å²) in [5.41, 5.74) is 6.78. The van der Waals surface area contributed by atoms with E-state index < -0.39 is 10.8 Å². The van der Waals surface area contributed by atoms with Gasteiger partial charge in [0.15, 0.2) is 0 Å². The molecular weight excluding hydrogens is 1430 g/mol. The largest absolute Gasteiger partial charge is 0.326 e. The van der Waals surface area contributed by atoms with Gasteiger partial charge < -0.3 is 53.2 Å². The Kier molecular flexibility index (Phi) is 36.0. The Morgan fingerprint density at radius 3 is 0.579 bits per heavy atom. The molecule has 0 aliphatic rings. The second kappa shape index (κ2) is 45.0. The Morgan fingerprint density at radius 1 is 0.237 bits per heavy atom. The molecule has 10 aromatic rings. The van der Waals surface area contributed by atoms with E-state index in [1.807, 2.05) is 279 Å². The Labute approximate surface area is 672 Å². The van der Waals surface area contributed by atoms with Gasteiger partial charge in [-0.2, -0.15) is 0 Å². The molecule has 0 saturated carbocycles. The van der Waals surface area contributed by atoms with Gasteiger partial charge in [-0.15, -0.1) is 0 Å². The molecule has 604 valence electrons. The van der Waals surface area contributed by atoms with Crippen molar-refractivity contribution in [2.45, 2.75) is 201 Å². The Bertz CT molecular complexity index is 4690. The molecule has 0 bridgehead atoms. The Morgan fingerprint density at radius 2 is 0.412 bits per heavy atom. The Balaban J connectivity index is 0.000000222. The molecule has 10 N–H and O–H groups in total. The zero-order chi connectivity index (χ0) is 83.7. The quantitative estimate of drug-likeness (QED) is 0.0245. The second-order valence-corrected chi connectivity index (χ2v) is 30.9. The molecule has 0 fully saturated rings. The molecule has 10 amide bonds. The first kappa shape index (κ1) is 91.1. The SMILES string of the molecule is CC(C)(C)C(=O)Nc1cccc2c(NC(=O)C(C)(C)C)cccc12.CC(C)CC(=O)Nc1cccc2c(NC(=O)CC(C)C)cccc12.CCC(=O)Nc1cccc2c(NC(=O)CC)cccc12.CCCC(=O)Nc1cccc2c(NC(=O)CCC)cccc12.CCCCC(=O)Nc1cccc2c(NC(=O)CCCC)cccc12. The first-order valence-electron chi connectivity index (χ1n) is 39.9. The van der Waals surface area contributed by atoms with Crippen molar-refractivity contribution in [1.29, 1.82) is 0 Å². The van der Waals surface area contributed by atoms with Crippen LogP contribution in [0.25, 0.3) is 53.9 Å². The molecule has 0 heterocycles. The maximum atomic E-state index is 12.3. The molecule has 10 rings (SSSR count). The zero-order valence-corrected chi connectivity index (χ0v) is 69.5. The standard InChI is InChI=1S/3C20H26N2O2.C18H22N2O2.C16H18N2O2/c1-19(2,3)17(23)21-15-11-7-10-14-13(15)9-8-12-16(14)22-18(24)20(4,5)6;1-13(2)11-19(23)21-17-9-5-8-16-15(17)7-6-10-18(16)22-20(24)12-14(3)4;1-3-5-13-19(23)21-17-11-7-10-16-15(17)9-8-12-18(16)22-20(24)14-6-4-2;1-3-7-17(21)19-15-11-5-10-14-13(15)9-6-12-16(14)20-18(22)8-4-2;1-3-15(19)17-13-9-5-8-12-11(13)7-6-10-14(12)18-16(20)4-2/h7-12H,1-6H3,(H,21,23)(H,22,24);5-10,13-14H,11-12H2,1-4H3,(H,21,23)(H,22,24);7-12H,3-6,13-14H2,1-2H3,(H,21,23)(H,22,24);5-6,9-12H,3-4,7-8H2,1-2H3,(H,19,21)(H,20,22);5-10H,3-4H2,1-2H3,(H,17,19)(H,18,20). The molecule has 20 heteroatoms. The number of nitrogens with one attached hydrogen (secondary N) is 10. The normalized spacial score (nSPS) is 10.9. The molecular formula is C94H118N10O10. The summed E-state index contributed by atoms with van der Waals surface area (Å²) in [7, 11) is 0. The minimum Gasteiger partial charge on any atom is -0.326 e. The summed E-state index contributed by atoms with van der Waals surface area (Å²) in [4.78, 5) is 120. The maximum absolute atomic E-state index is 12.3. The number of rotatable bonds is 26.